The topological polar surface area (TPSA) is 89.6 Å². The molecule has 0 radical (unpaired) electrons. The van der Waals surface area contributed by atoms with Crippen LogP contribution in [0.5, 0.6) is 17.4 Å². The third-order valence-corrected chi connectivity index (χ3v) is 4.16. The van der Waals surface area contributed by atoms with E-state index in [9.17, 15) is 9.59 Å². The molecule has 0 unspecified atom stereocenters. The summed E-state index contributed by atoms with van der Waals surface area (Å²) in [6.07, 6.45) is 1.50. The minimum Gasteiger partial charge on any atom is -0.482 e. The van der Waals surface area contributed by atoms with Crippen LogP contribution in [0.2, 0.25) is 5.02 Å². The molecule has 0 spiro atoms. The fourth-order valence-corrected chi connectivity index (χ4v) is 2.68. The van der Waals surface area contributed by atoms with E-state index >= 15 is 0 Å². The van der Waals surface area contributed by atoms with E-state index in [1.807, 2.05) is 0 Å². The number of pyridine rings is 1. The molecule has 8 heteroatoms. The SMILES string of the molecule is O=C1COc2cc(C(=O)Nc3ccc(Oc4ccc(Cl)cc4)nc3)ccc2N1. The van der Waals surface area contributed by atoms with Gasteiger partial charge in [-0.2, -0.15) is 0 Å². The average molecular weight is 396 g/mol. The van der Waals surface area contributed by atoms with Gasteiger partial charge in [0.05, 0.1) is 17.6 Å². The number of aromatic nitrogens is 1. The van der Waals surface area contributed by atoms with Gasteiger partial charge in [0.15, 0.2) is 6.61 Å². The first-order chi connectivity index (χ1) is 13.6. The number of benzene rings is 2. The molecule has 0 atom stereocenters. The number of nitrogens with one attached hydrogen (secondary N) is 2. The summed E-state index contributed by atoms with van der Waals surface area (Å²) < 4.78 is 10.9. The maximum atomic E-state index is 12.4. The van der Waals surface area contributed by atoms with Crippen LogP contribution in [0.4, 0.5) is 11.4 Å². The van der Waals surface area contributed by atoms with Crippen molar-refractivity contribution >= 4 is 34.8 Å². The van der Waals surface area contributed by atoms with Gasteiger partial charge in [-0.25, -0.2) is 4.98 Å². The van der Waals surface area contributed by atoms with E-state index in [1.54, 1.807) is 54.6 Å². The molecule has 1 aliphatic heterocycles. The molecule has 1 aromatic heterocycles. The van der Waals surface area contributed by atoms with Gasteiger partial charge in [0.2, 0.25) is 5.88 Å². The lowest BCUT2D eigenvalue weighted by molar-refractivity contribution is -0.118. The summed E-state index contributed by atoms with van der Waals surface area (Å²) >= 11 is 5.84. The number of amides is 2. The number of hydrogen-bond acceptors (Lipinski definition) is 5. The van der Waals surface area contributed by atoms with Crippen LogP contribution in [-0.2, 0) is 4.79 Å². The van der Waals surface area contributed by atoms with Crippen molar-refractivity contribution < 1.29 is 19.1 Å². The molecule has 2 heterocycles. The summed E-state index contributed by atoms with van der Waals surface area (Å²) in [6.45, 7) is -0.0723. The zero-order valence-electron chi connectivity index (χ0n) is 14.4. The summed E-state index contributed by atoms with van der Waals surface area (Å²) in [5.41, 5.74) is 1.45. The minimum absolute atomic E-state index is 0.0723. The predicted octanol–water partition coefficient (Wildman–Crippen LogP) is 4.11. The molecule has 3 aromatic rings. The van der Waals surface area contributed by atoms with Crippen molar-refractivity contribution in [1.82, 2.24) is 4.98 Å². The highest BCUT2D eigenvalue weighted by atomic mass is 35.5. The lowest BCUT2D eigenvalue weighted by Crippen LogP contribution is -2.25. The van der Waals surface area contributed by atoms with Gasteiger partial charge in [0, 0.05) is 16.7 Å². The molecule has 0 fully saturated rings. The van der Waals surface area contributed by atoms with Crippen molar-refractivity contribution in [2.45, 2.75) is 0 Å². The highest BCUT2D eigenvalue weighted by molar-refractivity contribution is 6.30. The van der Waals surface area contributed by atoms with Gasteiger partial charge in [-0.1, -0.05) is 11.6 Å². The molecule has 7 nitrogen and oxygen atoms in total. The predicted molar refractivity (Wildman–Crippen MR) is 104 cm³/mol. The van der Waals surface area contributed by atoms with Crippen molar-refractivity contribution in [3.05, 3.63) is 71.4 Å². The van der Waals surface area contributed by atoms with Gasteiger partial charge in [-0.15, -0.1) is 0 Å². The fraction of sp³-hybridized carbons (Fsp3) is 0.0500. The van der Waals surface area contributed by atoms with E-state index in [1.165, 1.54) is 6.20 Å². The Morgan fingerprint density at radius 2 is 1.96 bits per heavy atom. The summed E-state index contributed by atoms with van der Waals surface area (Å²) in [5, 5.41) is 6.05. The van der Waals surface area contributed by atoms with Gasteiger partial charge in [-0.3, -0.25) is 9.59 Å². The van der Waals surface area contributed by atoms with Gasteiger partial charge in [0.25, 0.3) is 11.8 Å². The van der Waals surface area contributed by atoms with Crippen molar-refractivity contribution in [2.75, 3.05) is 17.2 Å². The number of halogens is 1. The Morgan fingerprint density at radius 3 is 2.71 bits per heavy atom. The summed E-state index contributed by atoms with van der Waals surface area (Å²) in [4.78, 5) is 27.9. The second-order valence-corrected chi connectivity index (χ2v) is 6.38. The maximum absolute atomic E-state index is 12.4. The van der Waals surface area contributed by atoms with Crippen LogP contribution >= 0.6 is 11.6 Å². The number of fused-ring (bicyclic) bond motifs is 1. The van der Waals surface area contributed by atoms with E-state index in [0.717, 1.165) is 0 Å². The Bertz CT molecular complexity index is 1040. The Kier molecular flexibility index (Phi) is 4.82. The molecule has 140 valence electrons. The number of anilines is 2. The molecule has 1 aliphatic rings. The van der Waals surface area contributed by atoms with Crippen molar-refractivity contribution in [3.8, 4) is 17.4 Å². The van der Waals surface area contributed by atoms with Crippen LogP contribution in [0.25, 0.3) is 0 Å². The first kappa shape index (κ1) is 17.8. The fourth-order valence-electron chi connectivity index (χ4n) is 2.56. The van der Waals surface area contributed by atoms with E-state index in [4.69, 9.17) is 21.1 Å². The molecular weight excluding hydrogens is 382 g/mol. The molecule has 0 saturated heterocycles. The number of hydrogen-bond donors (Lipinski definition) is 2. The molecular formula is C20H14ClN3O4. The van der Waals surface area contributed by atoms with Crippen molar-refractivity contribution in [3.63, 3.8) is 0 Å². The van der Waals surface area contributed by atoms with E-state index in [2.05, 4.69) is 15.6 Å². The van der Waals surface area contributed by atoms with Crippen LogP contribution in [0.1, 0.15) is 10.4 Å². The van der Waals surface area contributed by atoms with Crippen molar-refractivity contribution in [2.24, 2.45) is 0 Å². The Morgan fingerprint density at radius 1 is 1.14 bits per heavy atom. The van der Waals surface area contributed by atoms with Gasteiger partial charge >= 0.3 is 0 Å². The third-order valence-electron chi connectivity index (χ3n) is 3.91. The zero-order valence-corrected chi connectivity index (χ0v) is 15.2. The smallest absolute Gasteiger partial charge is 0.262 e. The van der Waals surface area contributed by atoms with E-state index in [0.29, 0.717) is 39.3 Å². The zero-order chi connectivity index (χ0) is 19.5. The first-order valence-corrected chi connectivity index (χ1v) is 8.72. The minimum atomic E-state index is -0.323. The highest BCUT2D eigenvalue weighted by Gasteiger charge is 2.18. The second kappa shape index (κ2) is 7.58. The maximum Gasteiger partial charge on any atom is 0.262 e. The normalized spacial score (nSPS) is 12.4. The largest absolute Gasteiger partial charge is 0.482 e. The van der Waals surface area contributed by atoms with Crippen LogP contribution < -0.4 is 20.1 Å². The highest BCUT2D eigenvalue weighted by Crippen LogP contribution is 2.29. The molecule has 0 aliphatic carbocycles. The molecule has 28 heavy (non-hydrogen) atoms. The lowest BCUT2D eigenvalue weighted by Gasteiger charge is -2.18. The van der Waals surface area contributed by atoms with Crippen LogP contribution in [-0.4, -0.2) is 23.4 Å². The molecule has 2 amide bonds. The number of ether oxygens (including phenoxy) is 2. The average Bonchev–Trinajstić information content (AvgIpc) is 2.70. The Balaban J connectivity index is 1.42. The van der Waals surface area contributed by atoms with E-state index in [-0.39, 0.29) is 18.4 Å². The number of rotatable bonds is 4. The monoisotopic (exact) mass is 395 g/mol. The van der Waals surface area contributed by atoms with Gasteiger partial charge < -0.3 is 20.1 Å². The van der Waals surface area contributed by atoms with Crippen LogP contribution in [0.3, 0.4) is 0 Å². The lowest BCUT2D eigenvalue weighted by atomic mass is 10.1. The summed E-state index contributed by atoms with van der Waals surface area (Å²) in [5.74, 6) is 0.901. The number of carbonyl (C=O) groups excluding carboxylic acids is 2. The first-order valence-electron chi connectivity index (χ1n) is 8.34. The number of nitrogens with zero attached hydrogens (tertiary/aromatic N) is 1. The van der Waals surface area contributed by atoms with Crippen molar-refractivity contribution in [1.29, 1.82) is 0 Å². The third kappa shape index (κ3) is 4.05. The second-order valence-electron chi connectivity index (χ2n) is 5.94. The molecule has 0 bridgehead atoms. The Labute approximate surface area is 165 Å². The molecule has 2 aromatic carbocycles. The standard InChI is InChI=1S/C20H14ClN3O4/c21-13-2-5-15(6-3-13)28-19-8-4-14(10-22-19)23-20(26)12-1-7-16-17(9-12)27-11-18(25)24-16/h1-10H,11H2,(H,23,26)(H,24,25). The molecule has 4 rings (SSSR count). The van der Waals surface area contributed by atoms with Crippen LogP contribution in [0.15, 0.2) is 60.8 Å². The van der Waals surface area contributed by atoms with Crippen LogP contribution in [0, 0.1) is 0 Å². The quantitative estimate of drug-likeness (QED) is 0.693. The molecule has 2 N–H and O–H groups in total. The molecule has 0 saturated carbocycles. The number of carbonyl (C=O) groups is 2. The summed E-state index contributed by atoms with van der Waals surface area (Å²) in [7, 11) is 0. The Hall–Kier alpha value is -3.58. The summed E-state index contributed by atoms with van der Waals surface area (Å²) in [6, 6.07) is 15.1. The van der Waals surface area contributed by atoms with Gasteiger partial charge in [-0.05, 0) is 48.5 Å². The van der Waals surface area contributed by atoms with E-state index < -0.39 is 0 Å². The van der Waals surface area contributed by atoms with Gasteiger partial charge in [0.1, 0.15) is 11.5 Å².